The molecule has 1 aromatic heterocycles. The fourth-order valence-corrected chi connectivity index (χ4v) is 5.84. The third-order valence-corrected chi connectivity index (χ3v) is 9.16. The Bertz CT molecular complexity index is 1680. The SMILES string of the molecule is CC(C)(c1ccc(OCC2CO2)cc1)c1ccc(OCC2CO2)cc1.CCc1ncc(C)[nH]1.Cc1c2c(cc3c1OC(=O)CC3)CCC(=O)O2. The van der Waals surface area contributed by atoms with Crippen LogP contribution in [0.5, 0.6) is 23.0 Å². The van der Waals surface area contributed by atoms with Crippen molar-refractivity contribution in [2.45, 2.75) is 84.3 Å². The van der Waals surface area contributed by atoms with Gasteiger partial charge in [-0.2, -0.15) is 0 Å². The zero-order valence-electron chi connectivity index (χ0n) is 29.5. The van der Waals surface area contributed by atoms with Gasteiger partial charge < -0.3 is 33.4 Å². The standard InChI is InChI=1S/C21H24O4.C13H12O4.C6H10N2/c1-21(2,15-3-7-17(8-4-15)22-11-19-13-24-19)16-5-9-18(10-6-16)23-12-20-14-25-20;1-7-12-8(2-4-10(14)16-12)6-9-3-5-11(15)17-13(7)9;1-3-6-7-4-5(2)8-6/h3-10,19-20H,11-14H2,1-2H3;6H,2-5H2,1H3;4H,3H2,1-2H3,(H,7,8). The topological polar surface area (TPSA) is 125 Å². The Hall–Kier alpha value is -4.67. The molecule has 10 nitrogen and oxygen atoms in total. The first kappa shape index (κ1) is 35.2. The summed E-state index contributed by atoms with van der Waals surface area (Å²) in [6.07, 6.45) is 5.65. The van der Waals surface area contributed by atoms with Gasteiger partial charge in [0.25, 0.3) is 0 Å². The number of nitrogens with zero attached hydrogens (tertiary/aromatic N) is 1. The van der Waals surface area contributed by atoms with E-state index >= 15 is 0 Å². The van der Waals surface area contributed by atoms with Crippen molar-refractivity contribution in [1.29, 1.82) is 0 Å². The predicted molar refractivity (Wildman–Crippen MR) is 187 cm³/mol. The number of H-pyrrole nitrogens is 1. The Labute approximate surface area is 293 Å². The van der Waals surface area contributed by atoms with Crippen LogP contribution in [-0.2, 0) is 43.7 Å². The number of nitrogens with one attached hydrogen (secondary N) is 1. The minimum Gasteiger partial charge on any atom is -0.491 e. The number of epoxide rings is 2. The number of imidazole rings is 1. The van der Waals surface area contributed by atoms with E-state index in [4.69, 9.17) is 28.4 Å². The van der Waals surface area contributed by atoms with Crippen LogP contribution in [0.3, 0.4) is 0 Å². The van der Waals surface area contributed by atoms with E-state index in [0.29, 0.717) is 50.4 Å². The van der Waals surface area contributed by atoms with Crippen LogP contribution in [0.2, 0.25) is 0 Å². The third kappa shape index (κ3) is 9.11. The highest BCUT2D eigenvalue weighted by atomic mass is 16.6. The smallest absolute Gasteiger partial charge is 0.311 e. The average molecular weight is 683 g/mol. The molecule has 2 saturated heterocycles. The Morgan fingerprint density at radius 3 is 1.58 bits per heavy atom. The van der Waals surface area contributed by atoms with Crippen molar-refractivity contribution in [2.75, 3.05) is 26.4 Å². The van der Waals surface area contributed by atoms with Crippen LogP contribution in [0.1, 0.15) is 72.9 Å². The van der Waals surface area contributed by atoms with E-state index in [9.17, 15) is 9.59 Å². The van der Waals surface area contributed by atoms with Crippen molar-refractivity contribution < 1.29 is 38.0 Å². The van der Waals surface area contributed by atoms with E-state index in [2.05, 4.69) is 55.0 Å². The molecule has 0 aliphatic carbocycles. The lowest BCUT2D eigenvalue weighted by Gasteiger charge is -2.26. The van der Waals surface area contributed by atoms with E-state index in [1.807, 2.05) is 50.4 Å². The number of hydrogen-bond acceptors (Lipinski definition) is 9. The molecule has 2 fully saturated rings. The summed E-state index contributed by atoms with van der Waals surface area (Å²) in [4.78, 5) is 29.8. The monoisotopic (exact) mass is 682 g/mol. The molecular weight excluding hydrogens is 636 g/mol. The molecule has 2 atom stereocenters. The third-order valence-electron chi connectivity index (χ3n) is 9.16. The van der Waals surface area contributed by atoms with Gasteiger partial charge in [-0.05, 0) is 79.3 Å². The summed E-state index contributed by atoms with van der Waals surface area (Å²) in [6.45, 7) is 13.3. The summed E-state index contributed by atoms with van der Waals surface area (Å²) < 4.78 is 32.2. The molecule has 0 bridgehead atoms. The Morgan fingerprint density at radius 2 is 1.22 bits per heavy atom. The van der Waals surface area contributed by atoms with Crippen molar-refractivity contribution >= 4 is 11.9 Å². The molecule has 4 aliphatic heterocycles. The maximum absolute atomic E-state index is 11.3. The first-order valence-corrected chi connectivity index (χ1v) is 17.4. The molecule has 50 heavy (non-hydrogen) atoms. The molecule has 1 N–H and O–H groups in total. The summed E-state index contributed by atoms with van der Waals surface area (Å²) in [5.41, 5.74) is 6.40. The van der Waals surface area contributed by atoms with Gasteiger partial charge in [0.05, 0.1) is 26.1 Å². The molecule has 2 unspecified atom stereocenters. The minimum atomic E-state index is -0.220. The minimum absolute atomic E-state index is 0.0870. The summed E-state index contributed by atoms with van der Waals surface area (Å²) in [6, 6.07) is 18.7. The van der Waals surface area contributed by atoms with E-state index in [-0.39, 0.29) is 29.6 Å². The number of hydrogen-bond donors (Lipinski definition) is 1. The highest BCUT2D eigenvalue weighted by Gasteiger charge is 2.28. The van der Waals surface area contributed by atoms with E-state index in [1.165, 1.54) is 11.1 Å². The fourth-order valence-electron chi connectivity index (χ4n) is 5.84. The van der Waals surface area contributed by atoms with Crippen molar-refractivity contribution in [2.24, 2.45) is 0 Å². The molecule has 8 rings (SSSR count). The molecular formula is C40H46N2O8. The number of ether oxygens (including phenoxy) is 6. The summed E-state index contributed by atoms with van der Waals surface area (Å²) in [5, 5.41) is 0. The van der Waals surface area contributed by atoms with Crippen LogP contribution < -0.4 is 18.9 Å². The maximum atomic E-state index is 11.3. The van der Waals surface area contributed by atoms with Crippen LogP contribution >= 0.6 is 0 Å². The van der Waals surface area contributed by atoms with Crippen LogP contribution in [0.15, 0.2) is 60.8 Å². The normalized spacial score (nSPS) is 18.5. The molecule has 0 amide bonds. The van der Waals surface area contributed by atoms with Gasteiger partial charge in [0.2, 0.25) is 0 Å². The number of fused-ring (bicyclic) bond motifs is 2. The summed E-state index contributed by atoms with van der Waals surface area (Å²) >= 11 is 0. The van der Waals surface area contributed by atoms with Crippen molar-refractivity contribution in [3.05, 3.63) is 100 Å². The number of aromatic amines is 1. The summed E-state index contributed by atoms with van der Waals surface area (Å²) in [5.74, 6) is 3.57. The Kier molecular flexibility index (Phi) is 10.9. The zero-order chi connectivity index (χ0) is 35.3. The maximum Gasteiger partial charge on any atom is 0.311 e. The van der Waals surface area contributed by atoms with Crippen LogP contribution in [-0.4, -0.2) is 60.5 Å². The molecule has 0 spiro atoms. The molecule has 0 saturated carbocycles. The number of esters is 2. The molecule has 3 aromatic carbocycles. The zero-order valence-corrected chi connectivity index (χ0v) is 29.5. The number of benzene rings is 3. The molecule has 264 valence electrons. The number of carbonyl (C=O) groups excluding carboxylic acids is 2. The van der Waals surface area contributed by atoms with Gasteiger partial charge in [-0.25, -0.2) is 4.98 Å². The molecule has 10 heteroatoms. The van der Waals surface area contributed by atoms with Crippen LogP contribution in [0.4, 0.5) is 0 Å². The highest BCUT2D eigenvalue weighted by Crippen LogP contribution is 2.40. The Morgan fingerprint density at radius 1 is 0.760 bits per heavy atom. The number of aromatic nitrogens is 2. The van der Waals surface area contributed by atoms with Gasteiger partial charge in [-0.1, -0.05) is 45.0 Å². The quantitative estimate of drug-likeness (QED) is 0.119. The van der Waals surface area contributed by atoms with Crippen molar-refractivity contribution in [1.82, 2.24) is 9.97 Å². The first-order chi connectivity index (χ1) is 24.1. The number of rotatable bonds is 9. The van der Waals surface area contributed by atoms with Crippen LogP contribution in [0.25, 0.3) is 0 Å². The van der Waals surface area contributed by atoms with E-state index in [1.54, 1.807) is 0 Å². The van der Waals surface area contributed by atoms with E-state index < -0.39 is 0 Å². The van der Waals surface area contributed by atoms with Gasteiger partial charge in [0, 0.05) is 29.3 Å². The fraction of sp³-hybridized carbons (Fsp3) is 0.425. The van der Waals surface area contributed by atoms with Gasteiger partial charge in [-0.15, -0.1) is 0 Å². The van der Waals surface area contributed by atoms with Gasteiger partial charge in [0.1, 0.15) is 54.2 Å². The van der Waals surface area contributed by atoms with Gasteiger partial charge >= 0.3 is 11.9 Å². The first-order valence-electron chi connectivity index (χ1n) is 17.4. The average Bonchev–Trinajstić information content (AvgIpc) is 4.07. The van der Waals surface area contributed by atoms with E-state index in [0.717, 1.165) is 59.3 Å². The second-order valence-corrected chi connectivity index (χ2v) is 13.5. The van der Waals surface area contributed by atoms with Crippen LogP contribution in [0, 0.1) is 13.8 Å². The van der Waals surface area contributed by atoms with Gasteiger partial charge in [0.15, 0.2) is 0 Å². The number of carbonyl (C=O) groups is 2. The summed E-state index contributed by atoms with van der Waals surface area (Å²) in [7, 11) is 0. The largest absolute Gasteiger partial charge is 0.491 e. The lowest BCUT2D eigenvalue weighted by Crippen LogP contribution is -2.21. The highest BCUT2D eigenvalue weighted by molar-refractivity contribution is 5.80. The molecule has 5 heterocycles. The van der Waals surface area contributed by atoms with Crippen molar-refractivity contribution in [3.63, 3.8) is 0 Å². The predicted octanol–water partition coefficient (Wildman–Crippen LogP) is 6.55. The second-order valence-electron chi connectivity index (χ2n) is 13.5. The number of aryl methyl sites for hydroxylation is 4. The molecule has 0 radical (unpaired) electrons. The van der Waals surface area contributed by atoms with Gasteiger partial charge in [-0.3, -0.25) is 9.59 Å². The lowest BCUT2D eigenvalue weighted by molar-refractivity contribution is -0.135. The second kappa shape index (κ2) is 15.5. The Balaban J connectivity index is 0.000000148. The molecule has 4 aromatic rings. The lowest BCUT2D eigenvalue weighted by atomic mass is 9.78. The van der Waals surface area contributed by atoms with Crippen molar-refractivity contribution in [3.8, 4) is 23.0 Å². The molecule has 4 aliphatic rings.